The summed E-state index contributed by atoms with van der Waals surface area (Å²) in [6.07, 6.45) is 0. The lowest BCUT2D eigenvalue weighted by Crippen LogP contribution is -2.04. The second kappa shape index (κ2) is 6.44. The van der Waals surface area contributed by atoms with E-state index in [9.17, 15) is 10.1 Å². The molecule has 6 nitrogen and oxygen atoms in total. The largest absolute Gasteiger partial charge is 0.460 e. The highest BCUT2D eigenvalue weighted by Crippen LogP contribution is 2.31. The van der Waals surface area contributed by atoms with Crippen LogP contribution in [0.3, 0.4) is 0 Å². The molecule has 0 aliphatic heterocycles. The molecule has 0 spiro atoms. The second-order valence-corrected chi connectivity index (χ2v) is 6.09. The van der Waals surface area contributed by atoms with E-state index in [1.807, 2.05) is 32.0 Å². The van der Waals surface area contributed by atoms with E-state index < -0.39 is 5.97 Å². The van der Waals surface area contributed by atoms with E-state index in [4.69, 9.17) is 9.15 Å². The number of rotatable bonds is 4. The Morgan fingerprint density at radius 1 is 1.44 bits per heavy atom. The number of aromatic amines is 1. The molecule has 0 aliphatic carbocycles. The van der Waals surface area contributed by atoms with Crippen molar-refractivity contribution >= 4 is 16.9 Å². The Morgan fingerprint density at radius 3 is 2.84 bits per heavy atom. The van der Waals surface area contributed by atoms with Gasteiger partial charge >= 0.3 is 5.97 Å². The highest BCUT2D eigenvalue weighted by molar-refractivity contribution is 5.91. The standard InChI is InChI=1S/C19H19N3O3/c1-5-24-19(23)17-11(4)21-18(25-17)12-6-7-15-13(8-12)14(9-20)16(22-15)10(2)3/h6-8,10,22H,5H2,1-4H3. The summed E-state index contributed by atoms with van der Waals surface area (Å²) < 4.78 is 10.6. The number of hydrogen-bond acceptors (Lipinski definition) is 5. The van der Waals surface area contributed by atoms with Crippen molar-refractivity contribution in [3.8, 4) is 17.5 Å². The first-order valence-corrected chi connectivity index (χ1v) is 8.16. The predicted octanol–water partition coefficient (Wildman–Crippen LogP) is 4.30. The molecule has 2 aromatic heterocycles. The lowest BCUT2D eigenvalue weighted by Gasteiger charge is -2.00. The van der Waals surface area contributed by atoms with E-state index in [1.165, 1.54) is 0 Å². The quantitative estimate of drug-likeness (QED) is 0.716. The minimum atomic E-state index is -0.527. The molecule has 3 rings (SSSR count). The van der Waals surface area contributed by atoms with Crippen LogP contribution < -0.4 is 0 Å². The van der Waals surface area contributed by atoms with E-state index in [0.29, 0.717) is 22.7 Å². The SMILES string of the molecule is CCOC(=O)c1oc(-c2ccc3[nH]c(C(C)C)c(C#N)c3c2)nc1C. The number of nitrogens with one attached hydrogen (secondary N) is 1. The van der Waals surface area contributed by atoms with Crippen LogP contribution in [0.2, 0.25) is 0 Å². The fourth-order valence-corrected chi connectivity index (χ4v) is 2.81. The molecular formula is C19H19N3O3. The van der Waals surface area contributed by atoms with Gasteiger partial charge in [0.05, 0.1) is 17.9 Å². The zero-order valence-electron chi connectivity index (χ0n) is 14.6. The van der Waals surface area contributed by atoms with Crippen molar-refractivity contribution in [2.45, 2.75) is 33.6 Å². The van der Waals surface area contributed by atoms with Gasteiger partial charge in [-0.15, -0.1) is 0 Å². The Kier molecular flexibility index (Phi) is 4.32. The molecule has 0 aliphatic rings. The lowest BCUT2D eigenvalue weighted by molar-refractivity contribution is 0.0490. The Bertz CT molecular complexity index is 989. The Morgan fingerprint density at radius 2 is 2.20 bits per heavy atom. The number of aromatic nitrogens is 2. The molecule has 0 saturated carbocycles. The van der Waals surface area contributed by atoms with Crippen LogP contribution in [-0.4, -0.2) is 22.5 Å². The summed E-state index contributed by atoms with van der Waals surface area (Å²) in [6, 6.07) is 7.87. The van der Waals surface area contributed by atoms with Crippen molar-refractivity contribution < 1.29 is 13.9 Å². The van der Waals surface area contributed by atoms with E-state index in [0.717, 1.165) is 16.6 Å². The van der Waals surface area contributed by atoms with Gasteiger partial charge < -0.3 is 14.1 Å². The number of fused-ring (bicyclic) bond motifs is 1. The average molecular weight is 337 g/mol. The first-order valence-electron chi connectivity index (χ1n) is 8.16. The van der Waals surface area contributed by atoms with E-state index in [1.54, 1.807) is 13.8 Å². The van der Waals surface area contributed by atoms with Crippen LogP contribution in [0, 0.1) is 18.3 Å². The smallest absolute Gasteiger partial charge is 0.376 e. The van der Waals surface area contributed by atoms with E-state index in [2.05, 4.69) is 16.0 Å². The summed E-state index contributed by atoms with van der Waals surface area (Å²) in [5.41, 5.74) is 3.60. The van der Waals surface area contributed by atoms with Gasteiger partial charge in [0.15, 0.2) is 0 Å². The normalized spacial score (nSPS) is 11.0. The highest BCUT2D eigenvalue weighted by atomic mass is 16.5. The maximum atomic E-state index is 11.9. The fraction of sp³-hybridized carbons (Fsp3) is 0.316. The number of ether oxygens (including phenoxy) is 1. The molecular weight excluding hydrogens is 318 g/mol. The molecule has 2 heterocycles. The molecule has 0 amide bonds. The third kappa shape index (κ3) is 2.89. The molecule has 6 heteroatoms. The van der Waals surface area contributed by atoms with Gasteiger partial charge in [-0.05, 0) is 38.0 Å². The van der Waals surface area contributed by atoms with Gasteiger partial charge in [0.25, 0.3) is 0 Å². The van der Waals surface area contributed by atoms with Crippen LogP contribution in [0.1, 0.15) is 54.2 Å². The summed E-state index contributed by atoms with van der Waals surface area (Å²) in [5, 5.41) is 10.3. The van der Waals surface area contributed by atoms with Crippen molar-refractivity contribution in [3.63, 3.8) is 0 Å². The van der Waals surface area contributed by atoms with Gasteiger partial charge in [-0.1, -0.05) is 13.8 Å². The number of carbonyl (C=O) groups excluding carboxylic acids is 1. The summed E-state index contributed by atoms with van der Waals surface area (Å²) >= 11 is 0. The topological polar surface area (TPSA) is 91.9 Å². The molecule has 1 aromatic carbocycles. The number of esters is 1. The van der Waals surface area contributed by atoms with Gasteiger partial charge in [-0.2, -0.15) is 5.26 Å². The molecule has 0 saturated heterocycles. The average Bonchev–Trinajstić information content (AvgIpc) is 3.14. The lowest BCUT2D eigenvalue weighted by atomic mass is 10.0. The Labute approximate surface area is 145 Å². The van der Waals surface area contributed by atoms with Crippen LogP contribution >= 0.6 is 0 Å². The molecule has 3 aromatic rings. The van der Waals surface area contributed by atoms with Crippen molar-refractivity contribution in [1.29, 1.82) is 5.26 Å². The molecule has 0 fully saturated rings. The molecule has 25 heavy (non-hydrogen) atoms. The summed E-state index contributed by atoms with van der Waals surface area (Å²) in [5.74, 6) is 0.124. The minimum Gasteiger partial charge on any atom is -0.460 e. The number of aryl methyl sites for hydroxylation is 1. The van der Waals surface area contributed by atoms with Crippen molar-refractivity contribution in [2.24, 2.45) is 0 Å². The van der Waals surface area contributed by atoms with Crippen molar-refractivity contribution in [2.75, 3.05) is 6.61 Å². The number of nitrogens with zero attached hydrogens (tertiary/aromatic N) is 2. The predicted molar refractivity (Wildman–Crippen MR) is 93.3 cm³/mol. The van der Waals surface area contributed by atoms with Gasteiger partial charge in [0.1, 0.15) is 6.07 Å². The minimum absolute atomic E-state index is 0.106. The van der Waals surface area contributed by atoms with Crippen LogP contribution in [0.15, 0.2) is 22.6 Å². The number of benzene rings is 1. The van der Waals surface area contributed by atoms with Crippen LogP contribution in [-0.2, 0) is 4.74 Å². The third-order valence-corrected chi connectivity index (χ3v) is 4.02. The van der Waals surface area contributed by atoms with Crippen molar-refractivity contribution in [1.82, 2.24) is 9.97 Å². The van der Waals surface area contributed by atoms with E-state index >= 15 is 0 Å². The molecule has 0 bridgehead atoms. The number of carbonyl (C=O) groups is 1. The van der Waals surface area contributed by atoms with Crippen LogP contribution in [0.4, 0.5) is 0 Å². The summed E-state index contributed by atoms with van der Waals surface area (Å²) in [7, 11) is 0. The van der Waals surface area contributed by atoms with Gasteiger partial charge in [-0.25, -0.2) is 9.78 Å². The van der Waals surface area contributed by atoms with Crippen LogP contribution in [0.5, 0.6) is 0 Å². The highest BCUT2D eigenvalue weighted by Gasteiger charge is 2.20. The second-order valence-electron chi connectivity index (χ2n) is 6.09. The van der Waals surface area contributed by atoms with E-state index in [-0.39, 0.29) is 18.3 Å². The molecule has 0 unspecified atom stereocenters. The zero-order chi connectivity index (χ0) is 18.1. The molecule has 0 radical (unpaired) electrons. The first-order chi connectivity index (χ1) is 12.0. The molecule has 128 valence electrons. The third-order valence-electron chi connectivity index (χ3n) is 4.02. The number of oxazole rings is 1. The fourth-order valence-electron chi connectivity index (χ4n) is 2.81. The number of nitriles is 1. The van der Waals surface area contributed by atoms with Crippen LogP contribution in [0.25, 0.3) is 22.4 Å². The Balaban J connectivity index is 2.10. The monoisotopic (exact) mass is 337 g/mol. The maximum absolute atomic E-state index is 11.9. The number of hydrogen-bond donors (Lipinski definition) is 1. The summed E-state index contributed by atoms with van der Waals surface area (Å²) in [6.45, 7) is 7.78. The Hall–Kier alpha value is -3.07. The molecule has 0 atom stereocenters. The summed E-state index contributed by atoms with van der Waals surface area (Å²) in [4.78, 5) is 19.5. The maximum Gasteiger partial charge on any atom is 0.376 e. The van der Waals surface area contributed by atoms with Gasteiger partial charge in [0, 0.05) is 22.2 Å². The number of H-pyrrole nitrogens is 1. The zero-order valence-corrected chi connectivity index (χ0v) is 14.6. The van der Waals surface area contributed by atoms with Crippen molar-refractivity contribution in [3.05, 3.63) is 40.9 Å². The van der Waals surface area contributed by atoms with Gasteiger partial charge in [0.2, 0.25) is 11.7 Å². The van der Waals surface area contributed by atoms with Gasteiger partial charge in [-0.3, -0.25) is 0 Å². The molecule has 1 N–H and O–H groups in total. The first kappa shape index (κ1) is 16.8.